The Kier molecular flexibility index (Phi) is 5.53. The van der Waals surface area contributed by atoms with Crippen LogP contribution in [0.3, 0.4) is 0 Å². The van der Waals surface area contributed by atoms with E-state index in [9.17, 15) is 0 Å². The maximum Gasteiger partial charge on any atom is 0.191 e. The number of aromatic nitrogens is 2. The van der Waals surface area contributed by atoms with Crippen molar-refractivity contribution >= 4 is 17.0 Å². The van der Waals surface area contributed by atoms with E-state index in [2.05, 4.69) is 55.9 Å². The molecule has 1 saturated carbocycles. The van der Waals surface area contributed by atoms with Crippen LogP contribution in [0.1, 0.15) is 56.0 Å². The topological polar surface area (TPSA) is 74.3 Å². The predicted molar refractivity (Wildman–Crippen MR) is 125 cm³/mol. The van der Waals surface area contributed by atoms with Crippen LogP contribution in [0.4, 0.5) is 0 Å². The van der Waals surface area contributed by atoms with Crippen LogP contribution in [0.2, 0.25) is 0 Å². The van der Waals surface area contributed by atoms with Crippen LogP contribution in [-0.4, -0.2) is 35.1 Å². The van der Waals surface area contributed by atoms with Crippen molar-refractivity contribution in [2.24, 2.45) is 4.99 Å². The summed E-state index contributed by atoms with van der Waals surface area (Å²) in [5.41, 5.74) is 3.33. The number of hydrogen-bond donors (Lipinski definition) is 3. The molecule has 1 atom stereocenters. The highest BCUT2D eigenvalue weighted by atomic mass is 16.5. The number of H-pyrrole nitrogens is 1. The lowest BCUT2D eigenvalue weighted by Crippen LogP contribution is -2.46. The highest BCUT2D eigenvalue weighted by Gasteiger charge is 2.43. The minimum absolute atomic E-state index is 0.0217. The van der Waals surface area contributed by atoms with E-state index in [0.29, 0.717) is 0 Å². The minimum atomic E-state index is -0.0217. The van der Waals surface area contributed by atoms with E-state index in [0.717, 1.165) is 67.2 Å². The van der Waals surface area contributed by atoms with Gasteiger partial charge in [0.15, 0.2) is 5.96 Å². The third-order valence-electron chi connectivity index (χ3n) is 6.57. The number of nitrogens with one attached hydrogen (secondary N) is 3. The number of imidazole rings is 1. The Bertz CT molecular complexity index is 1030. The first-order valence-electron chi connectivity index (χ1n) is 11.4. The maximum atomic E-state index is 6.49. The summed E-state index contributed by atoms with van der Waals surface area (Å²) in [5.74, 6) is 2.90. The third-order valence-corrected chi connectivity index (χ3v) is 6.57. The molecule has 1 aliphatic carbocycles. The van der Waals surface area contributed by atoms with Gasteiger partial charge in [-0.1, -0.05) is 30.3 Å². The summed E-state index contributed by atoms with van der Waals surface area (Å²) >= 11 is 0. The molecule has 0 saturated heterocycles. The molecule has 31 heavy (non-hydrogen) atoms. The smallest absolute Gasteiger partial charge is 0.191 e. The van der Waals surface area contributed by atoms with Gasteiger partial charge in [0.25, 0.3) is 0 Å². The Morgan fingerprint density at radius 2 is 1.97 bits per heavy atom. The maximum absolute atomic E-state index is 6.49. The zero-order chi connectivity index (χ0) is 21.1. The van der Waals surface area contributed by atoms with E-state index in [-0.39, 0.29) is 11.6 Å². The lowest BCUT2D eigenvalue weighted by Gasteiger charge is -2.40. The van der Waals surface area contributed by atoms with Gasteiger partial charge in [-0.2, -0.15) is 0 Å². The molecule has 1 aliphatic heterocycles. The third kappa shape index (κ3) is 4.24. The van der Waals surface area contributed by atoms with Crippen molar-refractivity contribution in [2.45, 2.75) is 56.6 Å². The molecule has 3 N–H and O–H groups in total. The number of aryl methyl sites for hydroxylation is 1. The number of fused-ring (bicyclic) bond motifs is 2. The molecule has 0 radical (unpaired) electrons. The molecule has 0 bridgehead atoms. The van der Waals surface area contributed by atoms with Gasteiger partial charge in [-0.05, 0) is 50.3 Å². The molecular weight excluding hydrogens is 386 g/mol. The molecule has 3 aromatic rings. The van der Waals surface area contributed by atoms with Crippen molar-refractivity contribution in [1.29, 1.82) is 0 Å². The Hall–Kier alpha value is -3.02. The Balaban J connectivity index is 1.19. The van der Waals surface area contributed by atoms with Gasteiger partial charge in [0.05, 0.1) is 17.1 Å². The number of ether oxygens (including phenoxy) is 1. The monoisotopic (exact) mass is 417 g/mol. The molecule has 5 rings (SSSR count). The number of para-hydroxylation sites is 3. The highest BCUT2D eigenvalue weighted by Crippen LogP contribution is 2.46. The molecule has 6 heteroatoms. The van der Waals surface area contributed by atoms with E-state index in [1.54, 1.807) is 0 Å². The standard InChI is InChI=1S/C25H31N5O/c1-26-24(27-16-8-13-23-28-19-10-3-4-11-20(19)29-23)30-21-17-25(14-6-7-15-25)31-22-12-5-2-9-18(21)22/h2-5,9-12,21H,6-8,13-17H2,1H3,(H,28,29)(H2,26,27,30). The lowest BCUT2D eigenvalue weighted by molar-refractivity contribution is 0.0396. The van der Waals surface area contributed by atoms with Crippen LogP contribution in [0.15, 0.2) is 53.5 Å². The summed E-state index contributed by atoms with van der Waals surface area (Å²) in [6.07, 6.45) is 7.67. The summed E-state index contributed by atoms with van der Waals surface area (Å²) < 4.78 is 6.49. The van der Waals surface area contributed by atoms with Gasteiger partial charge in [-0.15, -0.1) is 0 Å². The van der Waals surface area contributed by atoms with Crippen LogP contribution in [-0.2, 0) is 6.42 Å². The Morgan fingerprint density at radius 1 is 1.16 bits per heavy atom. The zero-order valence-corrected chi connectivity index (χ0v) is 18.2. The number of aromatic amines is 1. The first-order valence-corrected chi connectivity index (χ1v) is 11.4. The van der Waals surface area contributed by atoms with Gasteiger partial charge < -0.3 is 20.4 Å². The van der Waals surface area contributed by atoms with E-state index in [1.807, 2.05) is 25.2 Å². The quantitative estimate of drug-likeness (QED) is 0.325. The Morgan fingerprint density at radius 3 is 2.81 bits per heavy atom. The average Bonchev–Trinajstić information content (AvgIpc) is 3.42. The highest BCUT2D eigenvalue weighted by molar-refractivity contribution is 5.80. The van der Waals surface area contributed by atoms with Gasteiger partial charge in [0.2, 0.25) is 0 Å². The largest absolute Gasteiger partial charge is 0.487 e. The summed E-state index contributed by atoms with van der Waals surface area (Å²) in [6, 6.07) is 16.8. The molecule has 1 spiro atoms. The van der Waals surface area contributed by atoms with Gasteiger partial charge in [-0.3, -0.25) is 4.99 Å². The van der Waals surface area contributed by atoms with Crippen molar-refractivity contribution in [3.8, 4) is 5.75 Å². The van der Waals surface area contributed by atoms with Crippen molar-refractivity contribution in [1.82, 2.24) is 20.6 Å². The summed E-state index contributed by atoms with van der Waals surface area (Å²) in [6.45, 7) is 0.840. The van der Waals surface area contributed by atoms with Crippen LogP contribution >= 0.6 is 0 Å². The molecule has 2 aliphatic rings. The second-order valence-corrected chi connectivity index (χ2v) is 8.73. The van der Waals surface area contributed by atoms with Crippen molar-refractivity contribution < 1.29 is 4.74 Å². The molecule has 162 valence electrons. The minimum Gasteiger partial charge on any atom is -0.487 e. The van der Waals surface area contributed by atoms with Crippen molar-refractivity contribution in [2.75, 3.05) is 13.6 Å². The molecular formula is C25H31N5O. The molecule has 2 aromatic carbocycles. The molecule has 1 aromatic heterocycles. The molecule has 6 nitrogen and oxygen atoms in total. The number of hydrogen-bond acceptors (Lipinski definition) is 3. The lowest BCUT2D eigenvalue weighted by atomic mass is 9.86. The number of guanidine groups is 1. The fourth-order valence-corrected chi connectivity index (χ4v) is 5.02. The SMILES string of the molecule is CN=C(NCCCc1nc2ccccc2[nH]1)NC1CC2(CCCC2)Oc2ccccc21. The van der Waals surface area contributed by atoms with Crippen molar-refractivity contribution in [3.05, 3.63) is 59.9 Å². The number of nitrogens with zero attached hydrogens (tertiary/aromatic N) is 2. The number of aliphatic imine (C=N–C) groups is 1. The van der Waals surface area contributed by atoms with E-state index in [1.165, 1.54) is 18.4 Å². The van der Waals surface area contributed by atoms with Gasteiger partial charge in [-0.25, -0.2) is 4.98 Å². The van der Waals surface area contributed by atoms with Crippen molar-refractivity contribution in [3.63, 3.8) is 0 Å². The van der Waals surface area contributed by atoms with Crippen LogP contribution < -0.4 is 15.4 Å². The first kappa shape index (κ1) is 19.9. The fourth-order valence-electron chi connectivity index (χ4n) is 5.02. The van der Waals surface area contributed by atoms with E-state index < -0.39 is 0 Å². The Labute approximate surface area is 183 Å². The second-order valence-electron chi connectivity index (χ2n) is 8.73. The second kappa shape index (κ2) is 8.61. The van der Waals surface area contributed by atoms with Gasteiger partial charge >= 0.3 is 0 Å². The molecule has 1 fully saturated rings. The molecule has 1 unspecified atom stereocenters. The summed E-state index contributed by atoms with van der Waals surface area (Å²) in [5, 5.41) is 7.16. The van der Waals surface area contributed by atoms with Gasteiger partial charge in [0, 0.05) is 32.0 Å². The van der Waals surface area contributed by atoms with Crippen LogP contribution in [0.5, 0.6) is 5.75 Å². The normalized spacial score (nSPS) is 19.9. The van der Waals surface area contributed by atoms with Crippen LogP contribution in [0, 0.1) is 0 Å². The van der Waals surface area contributed by atoms with E-state index in [4.69, 9.17) is 4.74 Å². The number of benzene rings is 2. The first-order chi connectivity index (χ1) is 15.2. The summed E-state index contributed by atoms with van der Waals surface area (Å²) in [7, 11) is 1.84. The predicted octanol–water partition coefficient (Wildman–Crippen LogP) is 4.50. The average molecular weight is 418 g/mol. The van der Waals surface area contributed by atoms with Gasteiger partial charge in [0.1, 0.15) is 17.2 Å². The zero-order valence-electron chi connectivity index (χ0n) is 18.2. The summed E-state index contributed by atoms with van der Waals surface area (Å²) in [4.78, 5) is 12.5. The fraction of sp³-hybridized carbons (Fsp3) is 0.440. The molecule has 2 heterocycles. The van der Waals surface area contributed by atoms with Crippen LogP contribution in [0.25, 0.3) is 11.0 Å². The number of rotatable bonds is 5. The van der Waals surface area contributed by atoms with E-state index >= 15 is 0 Å². The molecule has 0 amide bonds.